The molecule has 2 heterocycles. The Morgan fingerprint density at radius 2 is 1.62 bits per heavy atom. The van der Waals surface area contributed by atoms with E-state index >= 15 is 0 Å². The van der Waals surface area contributed by atoms with Crippen molar-refractivity contribution in [1.82, 2.24) is 5.32 Å². The van der Waals surface area contributed by atoms with E-state index in [9.17, 15) is 37.3 Å². The number of carbonyl (C=O) groups is 4. The van der Waals surface area contributed by atoms with E-state index in [2.05, 4.69) is 30.1 Å². The first-order chi connectivity index (χ1) is 27.2. The number of rotatable bonds is 17. The fourth-order valence-corrected chi connectivity index (χ4v) is 8.38. The molecule has 2 aliphatic rings. The fourth-order valence-electron chi connectivity index (χ4n) is 7.87. The summed E-state index contributed by atoms with van der Waals surface area (Å²) in [6, 6.07) is 15.1. The molecular formula is C44H50N3O10S+. The van der Waals surface area contributed by atoms with Crippen LogP contribution in [0.5, 0.6) is 0 Å². The summed E-state index contributed by atoms with van der Waals surface area (Å²) in [5, 5.41) is 32.2. The van der Waals surface area contributed by atoms with Crippen molar-refractivity contribution in [3.05, 3.63) is 113 Å². The van der Waals surface area contributed by atoms with Crippen LogP contribution in [0.15, 0.2) is 107 Å². The number of unbranched alkanes of at least 4 members (excludes halogenated alkanes) is 1. The zero-order chi connectivity index (χ0) is 42.6. The van der Waals surface area contributed by atoms with E-state index in [0.717, 1.165) is 50.3 Å². The minimum atomic E-state index is -4.43. The number of nitrogens with zero attached hydrogens (tertiary/aromatic N) is 2. The van der Waals surface area contributed by atoms with Crippen LogP contribution < -0.4 is 10.2 Å². The molecule has 0 fully saturated rings. The Bertz CT molecular complexity index is 2420. The highest BCUT2D eigenvalue weighted by molar-refractivity contribution is 7.85. The molecular weight excluding hydrogens is 763 g/mol. The average Bonchev–Trinajstić information content (AvgIpc) is 3.49. The summed E-state index contributed by atoms with van der Waals surface area (Å²) in [5.41, 5.74) is 5.09. The molecule has 0 saturated carbocycles. The van der Waals surface area contributed by atoms with Gasteiger partial charge in [-0.25, -0.2) is 4.79 Å². The summed E-state index contributed by atoms with van der Waals surface area (Å²) >= 11 is 0. The molecule has 1 unspecified atom stereocenters. The summed E-state index contributed by atoms with van der Waals surface area (Å²) in [7, 11) is -4.43. The molecule has 58 heavy (non-hydrogen) atoms. The van der Waals surface area contributed by atoms with Gasteiger partial charge in [0, 0.05) is 47.5 Å². The molecule has 13 nitrogen and oxygen atoms in total. The lowest BCUT2D eigenvalue weighted by atomic mass is 9.79. The molecule has 1 atom stereocenters. The Morgan fingerprint density at radius 3 is 2.29 bits per heavy atom. The van der Waals surface area contributed by atoms with E-state index in [0.29, 0.717) is 19.4 Å². The molecule has 5 rings (SSSR count). The maximum Gasteiger partial charge on any atom is 0.326 e. The molecule has 0 saturated heterocycles. The number of nitrogens with one attached hydrogen (secondary N) is 1. The molecule has 2 aliphatic heterocycles. The maximum absolute atomic E-state index is 13.0. The average molecular weight is 813 g/mol. The van der Waals surface area contributed by atoms with Crippen LogP contribution in [-0.4, -0.2) is 81.5 Å². The topological polar surface area (TPSA) is 202 Å². The SMILES string of the molecule is CC(/C=C/C=C1/N(CCCCC(=O)O)c2ccc(S(=O)(=O)O)cc2C1(C)C)=C\C=C\C1=[N+](CCC(=O)NC(CC(=O)O)C(=O)O)c2ccc3ccccc3c2C1(C)C. The summed E-state index contributed by atoms with van der Waals surface area (Å²) < 4.78 is 35.8. The number of fused-ring (bicyclic) bond motifs is 4. The number of allylic oxidation sites excluding steroid dienone is 8. The van der Waals surface area contributed by atoms with Gasteiger partial charge in [0.15, 0.2) is 12.3 Å². The predicted molar refractivity (Wildman–Crippen MR) is 221 cm³/mol. The molecule has 0 aromatic heterocycles. The maximum atomic E-state index is 13.0. The third kappa shape index (κ3) is 9.46. The summed E-state index contributed by atoms with van der Waals surface area (Å²) in [5.74, 6) is -4.20. The largest absolute Gasteiger partial charge is 0.481 e. The number of carboxylic acid groups (broad SMARTS) is 3. The molecule has 3 aromatic rings. The van der Waals surface area contributed by atoms with E-state index in [1.165, 1.54) is 12.1 Å². The van der Waals surface area contributed by atoms with Gasteiger partial charge in [-0.1, -0.05) is 68.0 Å². The van der Waals surface area contributed by atoms with Gasteiger partial charge in [0.1, 0.15) is 6.04 Å². The van der Waals surface area contributed by atoms with Gasteiger partial charge in [0.2, 0.25) is 11.6 Å². The van der Waals surface area contributed by atoms with Gasteiger partial charge in [0.25, 0.3) is 10.1 Å². The quantitative estimate of drug-likeness (QED) is 0.0411. The third-order valence-corrected chi connectivity index (χ3v) is 11.6. The normalized spacial score (nSPS) is 17.3. The molecule has 0 radical (unpaired) electrons. The number of hydrogen-bond acceptors (Lipinski definition) is 7. The molecule has 14 heteroatoms. The van der Waals surface area contributed by atoms with Gasteiger partial charge >= 0.3 is 17.9 Å². The highest BCUT2D eigenvalue weighted by Crippen LogP contribution is 2.49. The molecule has 1 amide bonds. The van der Waals surface area contributed by atoms with E-state index in [-0.39, 0.29) is 24.3 Å². The van der Waals surface area contributed by atoms with Crippen molar-refractivity contribution in [3.8, 4) is 0 Å². The third-order valence-electron chi connectivity index (χ3n) is 10.7. The second-order valence-electron chi connectivity index (χ2n) is 15.6. The first-order valence-electron chi connectivity index (χ1n) is 19.0. The number of carboxylic acids is 3. The van der Waals surface area contributed by atoms with E-state index in [1.807, 2.05) is 92.1 Å². The van der Waals surface area contributed by atoms with Crippen molar-refractivity contribution < 1.29 is 52.0 Å². The first-order valence-corrected chi connectivity index (χ1v) is 20.4. The fraction of sp³-hybridized carbons (Fsp3) is 0.341. The number of carbonyl (C=O) groups excluding carboxylic acids is 1. The van der Waals surface area contributed by atoms with Gasteiger partial charge in [0.05, 0.1) is 23.2 Å². The second kappa shape index (κ2) is 17.3. The monoisotopic (exact) mass is 812 g/mol. The van der Waals surface area contributed by atoms with Crippen LogP contribution in [0.3, 0.4) is 0 Å². The zero-order valence-corrected chi connectivity index (χ0v) is 34.0. The van der Waals surface area contributed by atoms with Gasteiger partial charge in [-0.05, 0) is 80.3 Å². The van der Waals surface area contributed by atoms with E-state index in [1.54, 1.807) is 6.07 Å². The zero-order valence-electron chi connectivity index (χ0n) is 33.2. The highest BCUT2D eigenvalue weighted by Gasteiger charge is 2.45. The molecule has 5 N–H and O–H groups in total. The number of aliphatic carboxylic acids is 3. The molecule has 0 aliphatic carbocycles. The standard InChI is InChI=1S/C44H49N3O10S/c1-28(12-10-16-36-43(2,3)32-26-30(58(55,56)57)20-22-34(32)46(36)24-9-8-18-39(49)50)13-11-17-37-44(4,5)41-31-15-7-6-14-29(31)19-21-35(41)47(37)25-23-38(48)45-33(42(53)54)27-40(51)52/h6-7,10-17,19-22,26,33H,8-9,18,23-25,27H2,1-5H3,(H4-,45,48,49,50,51,52,53,54,55,56,57)/p+1. The number of hydrogen-bond donors (Lipinski definition) is 5. The van der Waals surface area contributed by atoms with Crippen LogP contribution in [-0.2, 0) is 40.1 Å². The van der Waals surface area contributed by atoms with Crippen LogP contribution in [0.1, 0.15) is 77.8 Å². The van der Waals surface area contributed by atoms with Gasteiger partial charge < -0.3 is 25.5 Å². The van der Waals surface area contributed by atoms with Crippen molar-refractivity contribution in [1.29, 1.82) is 0 Å². The van der Waals surface area contributed by atoms with E-state index < -0.39 is 57.2 Å². The van der Waals surface area contributed by atoms with Gasteiger partial charge in [-0.2, -0.15) is 13.0 Å². The lowest BCUT2D eigenvalue weighted by Crippen LogP contribution is -2.42. The number of amides is 1. The smallest absolute Gasteiger partial charge is 0.326 e. The molecule has 0 bridgehead atoms. The van der Waals surface area contributed by atoms with Crippen molar-refractivity contribution in [3.63, 3.8) is 0 Å². The van der Waals surface area contributed by atoms with Crippen LogP contribution in [0.4, 0.5) is 11.4 Å². The lowest BCUT2D eigenvalue weighted by Gasteiger charge is -2.27. The summed E-state index contributed by atoms with van der Waals surface area (Å²) in [6.07, 6.45) is 12.0. The van der Waals surface area contributed by atoms with Crippen molar-refractivity contribution in [2.75, 3.05) is 18.0 Å². The highest BCUT2D eigenvalue weighted by atomic mass is 32.2. The van der Waals surface area contributed by atoms with Gasteiger partial charge in [-0.3, -0.25) is 18.9 Å². The van der Waals surface area contributed by atoms with Crippen molar-refractivity contribution in [2.24, 2.45) is 0 Å². The van der Waals surface area contributed by atoms with Crippen molar-refractivity contribution in [2.45, 2.75) is 88.5 Å². The Hall–Kier alpha value is -5.86. The number of benzene rings is 3. The Kier molecular flexibility index (Phi) is 12.9. The van der Waals surface area contributed by atoms with Crippen LogP contribution >= 0.6 is 0 Å². The van der Waals surface area contributed by atoms with Crippen molar-refractivity contribution >= 4 is 61.8 Å². The molecule has 306 valence electrons. The molecule has 0 spiro atoms. The number of anilines is 1. The van der Waals surface area contributed by atoms with Crippen LogP contribution in [0.25, 0.3) is 10.8 Å². The van der Waals surface area contributed by atoms with Gasteiger partial charge in [-0.15, -0.1) is 0 Å². The van der Waals surface area contributed by atoms with Crippen LogP contribution in [0, 0.1) is 0 Å². The summed E-state index contributed by atoms with van der Waals surface area (Å²) in [4.78, 5) is 48.8. The lowest BCUT2D eigenvalue weighted by molar-refractivity contribution is -0.436. The minimum Gasteiger partial charge on any atom is -0.481 e. The minimum absolute atomic E-state index is 0.0378. The summed E-state index contributed by atoms with van der Waals surface area (Å²) in [6.45, 7) is 10.8. The molecule has 3 aromatic carbocycles. The van der Waals surface area contributed by atoms with Crippen LogP contribution in [0.2, 0.25) is 0 Å². The Morgan fingerprint density at radius 1 is 0.897 bits per heavy atom. The van der Waals surface area contributed by atoms with E-state index in [4.69, 9.17) is 10.2 Å². The second-order valence-corrected chi connectivity index (χ2v) is 17.0. The Labute approximate surface area is 338 Å². The Balaban J connectivity index is 1.43. The predicted octanol–water partition coefficient (Wildman–Crippen LogP) is 6.89. The first kappa shape index (κ1) is 43.3.